The Labute approximate surface area is 235 Å². The normalized spacial score (nSPS) is 11.9. The SMILES string of the molecule is COc1ccc(C=CC(=O)c2ccc(OC(c3cn[nH]n3)c3ccnc4cc(Cl)ccc34)c(OC)c2)c(OC)c1. The molecule has 0 bridgehead atoms. The van der Waals surface area contributed by atoms with Crippen LogP contribution in [0.1, 0.15) is 33.3 Å². The Kier molecular flexibility index (Phi) is 7.93. The van der Waals surface area contributed by atoms with Crippen LogP contribution in [-0.2, 0) is 0 Å². The average molecular weight is 557 g/mol. The predicted octanol–water partition coefficient (Wildman–Crippen LogP) is 6.10. The molecule has 3 aromatic carbocycles. The second-order valence-electron chi connectivity index (χ2n) is 8.63. The molecule has 202 valence electrons. The maximum Gasteiger partial charge on any atom is 0.185 e. The fourth-order valence-corrected chi connectivity index (χ4v) is 4.42. The van der Waals surface area contributed by atoms with Gasteiger partial charge in [0.05, 0.1) is 33.0 Å². The quantitative estimate of drug-likeness (QED) is 0.162. The summed E-state index contributed by atoms with van der Waals surface area (Å²) >= 11 is 6.19. The first-order valence-corrected chi connectivity index (χ1v) is 12.6. The molecule has 40 heavy (non-hydrogen) atoms. The van der Waals surface area contributed by atoms with Crippen LogP contribution in [-0.4, -0.2) is 47.5 Å². The van der Waals surface area contributed by atoms with Crippen molar-refractivity contribution >= 4 is 34.4 Å². The minimum atomic E-state index is -0.650. The number of ketones is 1. The second kappa shape index (κ2) is 11.9. The van der Waals surface area contributed by atoms with Crippen molar-refractivity contribution in [2.75, 3.05) is 21.3 Å². The number of halogens is 1. The number of nitrogens with zero attached hydrogens (tertiary/aromatic N) is 3. The van der Waals surface area contributed by atoms with Crippen molar-refractivity contribution in [2.45, 2.75) is 6.10 Å². The minimum absolute atomic E-state index is 0.215. The van der Waals surface area contributed by atoms with Gasteiger partial charge >= 0.3 is 0 Å². The number of ether oxygens (including phenoxy) is 4. The zero-order chi connectivity index (χ0) is 28.1. The minimum Gasteiger partial charge on any atom is -0.497 e. The molecule has 0 fully saturated rings. The molecule has 0 saturated heterocycles. The molecule has 0 radical (unpaired) electrons. The Morgan fingerprint density at radius 1 is 0.925 bits per heavy atom. The molecular formula is C30H25ClN4O5. The molecular weight excluding hydrogens is 532 g/mol. The highest BCUT2D eigenvalue weighted by Crippen LogP contribution is 2.37. The van der Waals surface area contributed by atoms with Crippen LogP contribution in [0.4, 0.5) is 0 Å². The molecule has 1 unspecified atom stereocenters. The third-order valence-corrected chi connectivity index (χ3v) is 6.51. The van der Waals surface area contributed by atoms with E-state index in [-0.39, 0.29) is 5.78 Å². The third-order valence-electron chi connectivity index (χ3n) is 6.27. The lowest BCUT2D eigenvalue weighted by Gasteiger charge is -2.21. The van der Waals surface area contributed by atoms with E-state index in [1.54, 1.807) is 75.2 Å². The highest BCUT2D eigenvalue weighted by atomic mass is 35.5. The Morgan fingerprint density at radius 3 is 2.52 bits per heavy atom. The van der Waals surface area contributed by atoms with Gasteiger partial charge in [-0.25, -0.2) is 0 Å². The lowest BCUT2D eigenvalue weighted by molar-refractivity contribution is 0.104. The van der Waals surface area contributed by atoms with Crippen molar-refractivity contribution in [1.82, 2.24) is 20.4 Å². The van der Waals surface area contributed by atoms with Crippen LogP contribution in [0.15, 0.2) is 79.1 Å². The Bertz CT molecular complexity index is 1690. The molecule has 1 N–H and O–H groups in total. The van der Waals surface area contributed by atoms with E-state index in [2.05, 4.69) is 20.4 Å². The smallest absolute Gasteiger partial charge is 0.185 e. The zero-order valence-electron chi connectivity index (χ0n) is 21.9. The average Bonchev–Trinajstić information content (AvgIpc) is 3.53. The Morgan fingerprint density at radius 2 is 1.77 bits per heavy atom. The third kappa shape index (κ3) is 5.60. The van der Waals surface area contributed by atoms with Gasteiger partial charge in [-0.1, -0.05) is 17.7 Å². The summed E-state index contributed by atoms with van der Waals surface area (Å²) in [6.07, 6.45) is 5.80. The van der Waals surface area contributed by atoms with E-state index in [4.69, 9.17) is 30.5 Å². The number of H-pyrrole nitrogens is 1. The molecule has 2 heterocycles. The number of aromatic amines is 1. The molecule has 10 heteroatoms. The van der Waals surface area contributed by atoms with Gasteiger partial charge in [-0.2, -0.15) is 15.4 Å². The van der Waals surface area contributed by atoms with E-state index in [0.717, 1.165) is 22.0 Å². The monoisotopic (exact) mass is 556 g/mol. The van der Waals surface area contributed by atoms with E-state index in [0.29, 0.717) is 39.3 Å². The first-order chi connectivity index (χ1) is 19.5. The van der Waals surface area contributed by atoms with Gasteiger partial charge in [0.2, 0.25) is 0 Å². The van der Waals surface area contributed by atoms with Crippen LogP contribution in [0.25, 0.3) is 17.0 Å². The molecule has 0 aliphatic carbocycles. The fraction of sp³-hybridized carbons (Fsp3) is 0.133. The lowest BCUT2D eigenvalue weighted by Crippen LogP contribution is -2.12. The van der Waals surface area contributed by atoms with E-state index in [9.17, 15) is 4.79 Å². The number of hydrogen-bond donors (Lipinski definition) is 1. The van der Waals surface area contributed by atoms with Crippen LogP contribution in [0.2, 0.25) is 5.02 Å². The van der Waals surface area contributed by atoms with E-state index in [1.165, 1.54) is 13.2 Å². The van der Waals surface area contributed by atoms with Gasteiger partial charge in [0, 0.05) is 39.4 Å². The number of fused-ring (bicyclic) bond motifs is 1. The summed E-state index contributed by atoms with van der Waals surface area (Å²) < 4.78 is 22.7. The van der Waals surface area contributed by atoms with Gasteiger partial charge in [0.15, 0.2) is 23.4 Å². The Balaban J connectivity index is 1.45. The molecule has 1 atom stereocenters. The molecule has 0 saturated carbocycles. The molecule has 0 aliphatic rings. The van der Waals surface area contributed by atoms with Crippen LogP contribution < -0.4 is 18.9 Å². The van der Waals surface area contributed by atoms with Gasteiger partial charge in [-0.3, -0.25) is 9.78 Å². The maximum absolute atomic E-state index is 13.0. The fourth-order valence-electron chi connectivity index (χ4n) is 4.25. The van der Waals surface area contributed by atoms with Crippen molar-refractivity contribution in [2.24, 2.45) is 0 Å². The van der Waals surface area contributed by atoms with Gasteiger partial charge in [-0.05, 0) is 60.7 Å². The van der Waals surface area contributed by atoms with Crippen molar-refractivity contribution in [1.29, 1.82) is 0 Å². The van der Waals surface area contributed by atoms with Gasteiger partial charge in [0.1, 0.15) is 17.2 Å². The highest BCUT2D eigenvalue weighted by molar-refractivity contribution is 6.31. The summed E-state index contributed by atoms with van der Waals surface area (Å²) in [6.45, 7) is 0. The predicted molar refractivity (Wildman–Crippen MR) is 152 cm³/mol. The van der Waals surface area contributed by atoms with Crippen molar-refractivity contribution < 1.29 is 23.7 Å². The summed E-state index contributed by atoms with van der Waals surface area (Å²) in [5.41, 5.74) is 3.25. The lowest BCUT2D eigenvalue weighted by atomic mass is 10.0. The molecule has 0 amide bonds. The number of rotatable bonds is 10. The number of benzene rings is 3. The number of methoxy groups -OCH3 is 3. The number of pyridine rings is 1. The number of hydrogen-bond acceptors (Lipinski definition) is 8. The van der Waals surface area contributed by atoms with Crippen molar-refractivity contribution in [3.8, 4) is 23.0 Å². The number of aromatic nitrogens is 4. The zero-order valence-corrected chi connectivity index (χ0v) is 22.7. The molecule has 2 aromatic heterocycles. The van der Waals surface area contributed by atoms with E-state index >= 15 is 0 Å². The van der Waals surface area contributed by atoms with Crippen molar-refractivity contribution in [3.63, 3.8) is 0 Å². The topological polar surface area (TPSA) is 108 Å². The Hall–Kier alpha value is -4.89. The maximum atomic E-state index is 13.0. The van der Waals surface area contributed by atoms with Crippen molar-refractivity contribution in [3.05, 3.63) is 107 Å². The standard InChI is InChI=1S/C30H25ClN4O5/c1-37-21-8-4-18(28(16-21)38-2)5-10-26(36)19-6-11-27(29(14-19)39-3)40-30(25-17-33-35-34-25)23-12-13-32-24-15-20(31)7-9-22(23)24/h4-17,30H,1-3H3,(H,33,34,35). The number of carbonyl (C=O) groups excluding carboxylic acids is 1. The van der Waals surface area contributed by atoms with Crippen LogP contribution in [0.5, 0.6) is 23.0 Å². The van der Waals surface area contributed by atoms with Crippen LogP contribution in [0, 0.1) is 0 Å². The second-order valence-corrected chi connectivity index (χ2v) is 9.06. The van der Waals surface area contributed by atoms with E-state index in [1.807, 2.05) is 18.2 Å². The van der Waals surface area contributed by atoms with Gasteiger partial charge < -0.3 is 18.9 Å². The number of allylic oxidation sites excluding steroid dienone is 1. The summed E-state index contributed by atoms with van der Waals surface area (Å²) in [6, 6.07) is 17.7. The largest absolute Gasteiger partial charge is 0.497 e. The van der Waals surface area contributed by atoms with E-state index < -0.39 is 6.10 Å². The molecule has 5 aromatic rings. The molecule has 5 rings (SSSR count). The summed E-state index contributed by atoms with van der Waals surface area (Å²) in [7, 11) is 4.66. The van der Waals surface area contributed by atoms with Gasteiger partial charge in [0.25, 0.3) is 0 Å². The first-order valence-electron chi connectivity index (χ1n) is 12.2. The highest BCUT2D eigenvalue weighted by Gasteiger charge is 2.24. The summed E-state index contributed by atoms with van der Waals surface area (Å²) in [5.74, 6) is 1.85. The van der Waals surface area contributed by atoms with Crippen LogP contribution >= 0.6 is 11.6 Å². The molecule has 0 spiro atoms. The summed E-state index contributed by atoms with van der Waals surface area (Å²) in [4.78, 5) is 17.5. The number of carbonyl (C=O) groups is 1. The molecule has 0 aliphatic heterocycles. The summed E-state index contributed by atoms with van der Waals surface area (Å²) in [5, 5.41) is 12.3. The van der Waals surface area contributed by atoms with Crippen LogP contribution in [0.3, 0.4) is 0 Å². The molecule has 9 nitrogen and oxygen atoms in total. The van der Waals surface area contributed by atoms with Gasteiger partial charge in [-0.15, -0.1) is 0 Å². The number of nitrogens with one attached hydrogen (secondary N) is 1. The first kappa shape index (κ1) is 26.7.